The predicted octanol–water partition coefficient (Wildman–Crippen LogP) is 4.81. The molecular formula is C22H27BrN4O3. The van der Waals surface area contributed by atoms with Gasteiger partial charge >= 0.3 is 0 Å². The van der Waals surface area contributed by atoms with Gasteiger partial charge in [-0.15, -0.1) is 0 Å². The summed E-state index contributed by atoms with van der Waals surface area (Å²) in [6, 6.07) is 11.0. The third-order valence-electron chi connectivity index (χ3n) is 4.38. The Hall–Kier alpha value is -2.87. The van der Waals surface area contributed by atoms with Gasteiger partial charge in [0.15, 0.2) is 5.71 Å². The summed E-state index contributed by atoms with van der Waals surface area (Å²) in [7, 11) is 3.10. The third kappa shape index (κ3) is 5.82. The van der Waals surface area contributed by atoms with Gasteiger partial charge in [0.25, 0.3) is 5.91 Å². The number of nitrogens with one attached hydrogen (secondary N) is 1. The van der Waals surface area contributed by atoms with Gasteiger partial charge in [-0.2, -0.15) is 5.10 Å². The van der Waals surface area contributed by atoms with E-state index in [1.54, 1.807) is 39.3 Å². The fourth-order valence-electron chi connectivity index (χ4n) is 2.72. The average molecular weight is 475 g/mol. The minimum atomic E-state index is -0.460. The minimum Gasteiger partial charge on any atom is -0.497 e. The van der Waals surface area contributed by atoms with Crippen LogP contribution in [0, 0.1) is 0 Å². The number of ether oxygens (including phenoxy) is 2. The van der Waals surface area contributed by atoms with E-state index in [0.717, 1.165) is 10.0 Å². The summed E-state index contributed by atoms with van der Waals surface area (Å²) in [6.45, 7) is 7.97. The number of halogens is 1. The Bertz CT molecular complexity index is 994. The second kappa shape index (κ2) is 9.75. The monoisotopic (exact) mass is 474 g/mol. The first kappa shape index (κ1) is 23.4. The van der Waals surface area contributed by atoms with E-state index < -0.39 is 5.91 Å². The van der Waals surface area contributed by atoms with Crippen LogP contribution in [0.15, 0.2) is 51.0 Å². The van der Waals surface area contributed by atoms with Gasteiger partial charge < -0.3 is 20.6 Å². The van der Waals surface area contributed by atoms with E-state index >= 15 is 0 Å². The molecule has 1 amide bonds. The highest BCUT2D eigenvalue weighted by atomic mass is 79.9. The maximum Gasteiger partial charge on any atom is 0.277 e. The second-order valence-electron chi connectivity index (χ2n) is 7.65. The Kier molecular flexibility index (Phi) is 7.61. The van der Waals surface area contributed by atoms with E-state index in [-0.39, 0.29) is 11.1 Å². The molecule has 7 nitrogen and oxygen atoms in total. The summed E-state index contributed by atoms with van der Waals surface area (Å²) >= 11 is 3.50. The van der Waals surface area contributed by atoms with Gasteiger partial charge in [-0.25, -0.2) is 4.99 Å². The van der Waals surface area contributed by atoms with Gasteiger partial charge in [-0.3, -0.25) is 4.79 Å². The number of amides is 1. The van der Waals surface area contributed by atoms with Crippen LogP contribution < -0.4 is 20.6 Å². The van der Waals surface area contributed by atoms with Gasteiger partial charge in [0.2, 0.25) is 0 Å². The number of carbonyl (C=O) groups excluding carboxylic acids is 1. The Morgan fingerprint density at radius 3 is 2.37 bits per heavy atom. The van der Waals surface area contributed by atoms with Gasteiger partial charge in [0.05, 0.1) is 19.9 Å². The molecule has 0 aliphatic carbocycles. The summed E-state index contributed by atoms with van der Waals surface area (Å²) in [5, 5.41) is 6.51. The van der Waals surface area contributed by atoms with Crippen molar-refractivity contribution in [2.75, 3.05) is 19.5 Å². The van der Waals surface area contributed by atoms with E-state index in [1.165, 1.54) is 0 Å². The minimum absolute atomic E-state index is 0.0113. The first-order chi connectivity index (χ1) is 14.1. The molecular weight excluding hydrogens is 448 g/mol. The molecule has 0 unspecified atom stereocenters. The number of carbonyl (C=O) groups is 1. The SMILES string of the molecule is COc1ccc(OC)c(N=C(C)/C(=N\N)C(=O)Nc2cc(Br)cc(C(C)(C)C)c2)c1. The van der Waals surface area contributed by atoms with E-state index in [2.05, 4.69) is 52.1 Å². The lowest BCUT2D eigenvalue weighted by Gasteiger charge is -2.20. The quantitative estimate of drug-likeness (QED) is 0.356. The van der Waals surface area contributed by atoms with Crippen LogP contribution >= 0.6 is 15.9 Å². The number of nitrogens with two attached hydrogens (primary N) is 1. The number of aliphatic imine (C=N–C) groups is 1. The molecule has 3 N–H and O–H groups in total. The molecule has 0 aromatic heterocycles. The number of anilines is 1. The zero-order chi connectivity index (χ0) is 22.5. The Balaban J connectivity index is 2.34. The molecule has 2 aromatic carbocycles. The normalized spacial score (nSPS) is 12.5. The van der Waals surface area contributed by atoms with E-state index in [4.69, 9.17) is 15.3 Å². The highest BCUT2D eigenvalue weighted by Gasteiger charge is 2.19. The fourth-order valence-corrected chi connectivity index (χ4v) is 3.21. The highest BCUT2D eigenvalue weighted by molar-refractivity contribution is 9.10. The number of rotatable bonds is 6. The van der Waals surface area contributed by atoms with Crippen LogP contribution in [-0.4, -0.2) is 31.6 Å². The number of hydrogen-bond acceptors (Lipinski definition) is 6. The van der Waals surface area contributed by atoms with E-state index in [0.29, 0.717) is 28.6 Å². The van der Waals surface area contributed by atoms with Crippen LogP contribution in [0.25, 0.3) is 0 Å². The molecule has 0 saturated heterocycles. The van der Waals surface area contributed by atoms with Crippen molar-refractivity contribution in [3.05, 3.63) is 46.4 Å². The van der Waals surface area contributed by atoms with Crippen molar-refractivity contribution in [2.24, 2.45) is 15.9 Å². The first-order valence-corrected chi connectivity index (χ1v) is 10.1. The largest absolute Gasteiger partial charge is 0.497 e. The zero-order valence-corrected chi connectivity index (χ0v) is 19.6. The molecule has 0 spiro atoms. The summed E-state index contributed by atoms with van der Waals surface area (Å²) in [4.78, 5) is 17.3. The summed E-state index contributed by atoms with van der Waals surface area (Å²) < 4.78 is 11.4. The summed E-state index contributed by atoms with van der Waals surface area (Å²) in [5.41, 5.74) is 2.48. The van der Waals surface area contributed by atoms with Gasteiger partial charge in [-0.1, -0.05) is 36.7 Å². The van der Waals surface area contributed by atoms with Crippen LogP contribution in [0.3, 0.4) is 0 Å². The molecule has 0 radical (unpaired) electrons. The second-order valence-corrected chi connectivity index (χ2v) is 8.56. The van der Waals surface area contributed by atoms with Crippen molar-refractivity contribution < 1.29 is 14.3 Å². The van der Waals surface area contributed by atoms with Crippen molar-refractivity contribution in [3.8, 4) is 11.5 Å². The average Bonchev–Trinajstić information content (AvgIpc) is 2.67. The van der Waals surface area contributed by atoms with E-state index in [9.17, 15) is 4.79 Å². The molecule has 2 rings (SSSR count). The van der Waals surface area contributed by atoms with Gasteiger partial charge in [-0.05, 0) is 48.2 Å². The fraction of sp³-hybridized carbons (Fsp3) is 0.318. The van der Waals surface area contributed by atoms with Crippen LogP contribution in [0.2, 0.25) is 0 Å². The number of methoxy groups -OCH3 is 2. The van der Waals surface area contributed by atoms with Crippen molar-refractivity contribution in [3.63, 3.8) is 0 Å². The molecule has 0 atom stereocenters. The summed E-state index contributed by atoms with van der Waals surface area (Å²) in [5.74, 6) is 6.21. The van der Waals surface area contributed by atoms with Crippen molar-refractivity contribution in [2.45, 2.75) is 33.1 Å². The maximum atomic E-state index is 12.9. The Labute approximate surface area is 185 Å². The smallest absolute Gasteiger partial charge is 0.277 e. The molecule has 8 heteroatoms. The van der Waals surface area contributed by atoms with Crippen LogP contribution in [0.1, 0.15) is 33.3 Å². The lowest BCUT2D eigenvalue weighted by molar-refractivity contribution is -0.110. The maximum absolute atomic E-state index is 12.9. The molecule has 0 saturated carbocycles. The first-order valence-electron chi connectivity index (χ1n) is 9.27. The Morgan fingerprint density at radius 1 is 1.10 bits per heavy atom. The molecule has 160 valence electrons. The molecule has 30 heavy (non-hydrogen) atoms. The lowest BCUT2D eigenvalue weighted by atomic mass is 9.87. The highest BCUT2D eigenvalue weighted by Crippen LogP contribution is 2.32. The van der Waals surface area contributed by atoms with Crippen LogP contribution in [0.4, 0.5) is 11.4 Å². The molecule has 0 fully saturated rings. The molecule has 2 aromatic rings. The van der Waals surface area contributed by atoms with Crippen molar-refractivity contribution in [1.82, 2.24) is 0 Å². The lowest BCUT2D eigenvalue weighted by Crippen LogP contribution is -2.30. The number of hydrazone groups is 1. The molecule has 0 bridgehead atoms. The van der Waals surface area contributed by atoms with Crippen molar-refractivity contribution in [1.29, 1.82) is 0 Å². The third-order valence-corrected chi connectivity index (χ3v) is 4.84. The van der Waals surface area contributed by atoms with Gasteiger partial charge in [0, 0.05) is 16.2 Å². The van der Waals surface area contributed by atoms with E-state index in [1.807, 2.05) is 18.2 Å². The van der Waals surface area contributed by atoms with Crippen LogP contribution in [-0.2, 0) is 10.2 Å². The Morgan fingerprint density at radius 2 is 1.80 bits per heavy atom. The molecule has 0 aliphatic heterocycles. The standard InChI is InChI=1S/C22H27BrN4O3/c1-13(25-18-12-17(29-5)7-8-19(18)30-6)20(27-24)21(28)26-16-10-14(22(2,3)4)9-15(23)11-16/h7-12H,24H2,1-6H3,(H,26,28)/b25-13?,27-20+. The number of hydrogen-bond donors (Lipinski definition) is 2. The number of nitrogens with zero attached hydrogens (tertiary/aromatic N) is 2. The molecule has 0 aliphatic rings. The van der Waals surface area contributed by atoms with Crippen LogP contribution in [0.5, 0.6) is 11.5 Å². The zero-order valence-electron chi connectivity index (χ0n) is 18.0. The number of benzene rings is 2. The van der Waals surface area contributed by atoms with Gasteiger partial charge in [0.1, 0.15) is 17.2 Å². The topological polar surface area (TPSA) is 98.3 Å². The summed E-state index contributed by atoms with van der Waals surface area (Å²) in [6.07, 6.45) is 0. The van der Waals surface area contributed by atoms with Crippen molar-refractivity contribution >= 4 is 44.6 Å². The predicted molar refractivity (Wildman–Crippen MR) is 125 cm³/mol. The molecule has 0 heterocycles.